The average Bonchev–Trinajstić information content (AvgIpc) is 3.44. The Morgan fingerprint density at radius 2 is 1.93 bits per heavy atom. The lowest BCUT2D eigenvalue weighted by Gasteiger charge is -2.38. The molecule has 2 aliphatic heterocycles. The molecule has 1 unspecified atom stereocenters. The largest absolute Gasteiger partial charge is 0.348 e. The van der Waals surface area contributed by atoms with Gasteiger partial charge in [0.15, 0.2) is 6.29 Å². The van der Waals surface area contributed by atoms with Gasteiger partial charge in [-0.25, -0.2) is 0 Å². The van der Waals surface area contributed by atoms with Crippen LogP contribution in [0.4, 0.5) is 0 Å². The predicted molar refractivity (Wildman–Crippen MR) is 107 cm³/mol. The third kappa shape index (κ3) is 4.67. The van der Waals surface area contributed by atoms with E-state index in [0.29, 0.717) is 43.7 Å². The number of benzene rings is 1. The zero-order valence-electron chi connectivity index (χ0n) is 17.2. The first kappa shape index (κ1) is 20.0. The number of aromatic nitrogens is 2. The van der Waals surface area contributed by atoms with Crippen LogP contribution in [0, 0.1) is 0 Å². The zero-order chi connectivity index (χ0) is 20.2. The van der Waals surface area contributed by atoms with E-state index in [2.05, 4.69) is 36.1 Å². The molecule has 2 saturated heterocycles. The molecular formula is C22H29N3O4. The molecule has 0 spiro atoms. The number of carbonyl (C=O) groups is 1. The van der Waals surface area contributed by atoms with Crippen LogP contribution in [-0.2, 0) is 20.7 Å². The summed E-state index contributed by atoms with van der Waals surface area (Å²) in [6.45, 7) is 6.29. The van der Waals surface area contributed by atoms with Gasteiger partial charge in [0.05, 0.1) is 19.3 Å². The maximum Gasteiger partial charge on any atom is 0.227 e. The van der Waals surface area contributed by atoms with Gasteiger partial charge in [-0.05, 0) is 30.7 Å². The third-order valence-corrected chi connectivity index (χ3v) is 5.69. The van der Waals surface area contributed by atoms with Crippen molar-refractivity contribution >= 4 is 5.91 Å². The van der Waals surface area contributed by atoms with Crippen LogP contribution in [0.2, 0.25) is 0 Å². The van der Waals surface area contributed by atoms with Crippen LogP contribution >= 0.6 is 0 Å². The Morgan fingerprint density at radius 3 is 2.66 bits per heavy atom. The smallest absolute Gasteiger partial charge is 0.227 e. The predicted octanol–water partition coefficient (Wildman–Crippen LogP) is 3.55. The molecule has 7 nitrogen and oxygen atoms in total. The molecule has 1 amide bonds. The first-order chi connectivity index (χ1) is 14.1. The van der Waals surface area contributed by atoms with Crippen LogP contribution in [-0.4, -0.2) is 53.0 Å². The molecule has 2 aliphatic rings. The summed E-state index contributed by atoms with van der Waals surface area (Å²) in [5.74, 6) is 1.62. The van der Waals surface area contributed by atoms with Gasteiger partial charge < -0.3 is 18.9 Å². The molecule has 0 aliphatic carbocycles. The summed E-state index contributed by atoms with van der Waals surface area (Å²) in [6.07, 6.45) is 3.53. The lowest BCUT2D eigenvalue weighted by atomic mass is 10.0. The van der Waals surface area contributed by atoms with Crippen molar-refractivity contribution in [2.24, 2.45) is 0 Å². The summed E-state index contributed by atoms with van der Waals surface area (Å²) in [5, 5.41) is 4.08. The first-order valence-corrected chi connectivity index (χ1v) is 10.6. The fourth-order valence-electron chi connectivity index (χ4n) is 4.00. The monoisotopic (exact) mass is 399 g/mol. The van der Waals surface area contributed by atoms with Gasteiger partial charge in [-0.2, -0.15) is 4.98 Å². The Balaban J connectivity index is 1.35. The summed E-state index contributed by atoms with van der Waals surface area (Å²) >= 11 is 0. The van der Waals surface area contributed by atoms with Gasteiger partial charge in [0.25, 0.3) is 0 Å². The van der Waals surface area contributed by atoms with E-state index in [4.69, 9.17) is 14.0 Å². The van der Waals surface area contributed by atoms with E-state index in [1.807, 2.05) is 17.0 Å². The maximum absolute atomic E-state index is 12.8. The van der Waals surface area contributed by atoms with E-state index in [1.165, 1.54) is 5.56 Å². The van der Waals surface area contributed by atoms with Crippen molar-refractivity contribution in [2.45, 2.75) is 64.2 Å². The van der Waals surface area contributed by atoms with Crippen molar-refractivity contribution in [2.75, 3.05) is 19.8 Å². The minimum Gasteiger partial charge on any atom is -0.348 e. The number of ether oxygens (including phenoxy) is 2. The number of nitrogens with zero attached hydrogens (tertiary/aromatic N) is 3. The summed E-state index contributed by atoms with van der Waals surface area (Å²) < 4.78 is 16.7. The average molecular weight is 399 g/mol. The van der Waals surface area contributed by atoms with Gasteiger partial charge in [0.1, 0.15) is 0 Å². The van der Waals surface area contributed by atoms with E-state index in [1.54, 1.807) is 0 Å². The third-order valence-electron chi connectivity index (χ3n) is 5.69. The second-order valence-electron chi connectivity index (χ2n) is 8.05. The number of amides is 1. The van der Waals surface area contributed by atoms with Crippen LogP contribution < -0.4 is 0 Å². The topological polar surface area (TPSA) is 77.7 Å². The Kier molecular flexibility index (Phi) is 6.25. The molecular weight excluding hydrogens is 370 g/mol. The van der Waals surface area contributed by atoms with Gasteiger partial charge >= 0.3 is 0 Å². The molecule has 0 saturated carbocycles. The van der Waals surface area contributed by atoms with Gasteiger partial charge in [0, 0.05) is 24.9 Å². The number of aryl methyl sites for hydroxylation is 1. The van der Waals surface area contributed by atoms with Gasteiger partial charge in [-0.3, -0.25) is 4.79 Å². The molecule has 1 aromatic carbocycles. The fraction of sp³-hybridized carbons (Fsp3) is 0.591. The van der Waals surface area contributed by atoms with Crippen LogP contribution in [0.3, 0.4) is 0 Å². The molecule has 7 heteroatoms. The highest BCUT2D eigenvalue weighted by atomic mass is 16.7. The Labute approximate surface area is 171 Å². The fourth-order valence-corrected chi connectivity index (χ4v) is 4.00. The quantitative estimate of drug-likeness (QED) is 0.739. The highest BCUT2D eigenvalue weighted by molar-refractivity contribution is 5.76. The Morgan fingerprint density at radius 1 is 1.17 bits per heavy atom. The number of likely N-dealkylation sites (tertiary alicyclic amines) is 1. The van der Waals surface area contributed by atoms with Crippen molar-refractivity contribution in [3.63, 3.8) is 0 Å². The van der Waals surface area contributed by atoms with E-state index in [9.17, 15) is 4.79 Å². The van der Waals surface area contributed by atoms with E-state index >= 15 is 0 Å². The van der Waals surface area contributed by atoms with Crippen LogP contribution in [0.1, 0.15) is 56.9 Å². The second-order valence-corrected chi connectivity index (χ2v) is 8.05. The molecule has 29 heavy (non-hydrogen) atoms. The Hall–Kier alpha value is -2.25. The summed E-state index contributed by atoms with van der Waals surface area (Å²) in [4.78, 5) is 19.2. The van der Waals surface area contributed by atoms with Crippen molar-refractivity contribution in [3.05, 3.63) is 35.7 Å². The van der Waals surface area contributed by atoms with Gasteiger partial charge in [-0.1, -0.05) is 43.3 Å². The van der Waals surface area contributed by atoms with Crippen LogP contribution in [0.5, 0.6) is 0 Å². The first-order valence-electron chi connectivity index (χ1n) is 10.6. The molecule has 0 radical (unpaired) electrons. The molecule has 1 atom stereocenters. The van der Waals surface area contributed by atoms with Crippen molar-refractivity contribution in [1.82, 2.24) is 15.0 Å². The minimum atomic E-state index is -0.289. The molecule has 156 valence electrons. The summed E-state index contributed by atoms with van der Waals surface area (Å²) in [5.41, 5.74) is 2.19. The van der Waals surface area contributed by atoms with Crippen molar-refractivity contribution in [1.29, 1.82) is 0 Å². The molecule has 4 rings (SSSR count). The molecule has 1 aromatic heterocycles. The molecule has 3 heterocycles. The second kappa shape index (κ2) is 9.05. The number of hydrogen-bond acceptors (Lipinski definition) is 6. The maximum atomic E-state index is 12.8. The number of piperidine rings is 1. The van der Waals surface area contributed by atoms with E-state index in [0.717, 1.165) is 31.4 Å². The highest BCUT2D eigenvalue weighted by Crippen LogP contribution is 2.26. The molecule has 0 N–H and O–H groups in total. The van der Waals surface area contributed by atoms with E-state index in [-0.39, 0.29) is 18.2 Å². The molecule has 2 fully saturated rings. The normalized spacial score (nSPS) is 20.5. The number of carbonyl (C=O) groups excluding carboxylic acids is 1. The van der Waals surface area contributed by atoms with Crippen LogP contribution in [0.25, 0.3) is 11.4 Å². The zero-order valence-corrected chi connectivity index (χ0v) is 17.2. The molecule has 0 bridgehead atoms. The van der Waals surface area contributed by atoms with Gasteiger partial charge in [-0.15, -0.1) is 0 Å². The molecule has 2 aromatic rings. The van der Waals surface area contributed by atoms with Crippen molar-refractivity contribution < 1.29 is 18.8 Å². The van der Waals surface area contributed by atoms with Crippen molar-refractivity contribution in [3.8, 4) is 11.4 Å². The van der Waals surface area contributed by atoms with Crippen LogP contribution in [0.15, 0.2) is 28.8 Å². The number of rotatable bonds is 6. The Bertz CT molecular complexity index is 812. The lowest BCUT2D eigenvalue weighted by molar-refractivity contribution is -0.150. The summed E-state index contributed by atoms with van der Waals surface area (Å²) in [7, 11) is 0. The van der Waals surface area contributed by atoms with Gasteiger partial charge in [0.2, 0.25) is 17.6 Å². The number of hydrogen-bond donors (Lipinski definition) is 0. The summed E-state index contributed by atoms with van der Waals surface area (Å²) in [6, 6.07) is 8.20. The SMILES string of the molecule is CC(C)c1ccc(-c2noc(CCC(=O)N3CCCCC3C3OCCO3)n2)cc1. The van der Waals surface area contributed by atoms with E-state index < -0.39 is 0 Å². The standard InChI is InChI=1S/C22H29N3O4/c1-15(2)16-6-8-17(9-7-16)21-23-19(29-24-21)10-11-20(26)25-12-4-3-5-18(25)22-27-13-14-28-22/h6-9,15,18,22H,3-5,10-14H2,1-2H3. The minimum absolute atomic E-state index is 0.0106. The highest BCUT2D eigenvalue weighted by Gasteiger charge is 2.36. The lowest BCUT2D eigenvalue weighted by Crippen LogP contribution is -2.50.